The minimum Gasteiger partial charge on any atom is -0.465 e. The van der Waals surface area contributed by atoms with Gasteiger partial charge in [0.25, 0.3) is 0 Å². The number of esters is 3. The van der Waals surface area contributed by atoms with Gasteiger partial charge in [-0.25, -0.2) is 14.4 Å². The topological polar surface area (TPSA) is 90.9 Å². The molecule has 22 heavy (non-hydrogen) atoms. The second kappa shape index (κ2) is 7.82. The molecule has 1 rings (SSSR count). The number of carbonyl (C=O) groups excluding carboxylic acids is 3. The molecule has 7 nitrogen and oxygen atoms in total. The predicted octanol–water partition coefficient (Wildman–Crippen LogP) is 1.51. The van der Waals surface area contributed by atoms with Crippen LogP contribution in [0.5, 0.6) is 0 Å². The summed E-state index contributed by atoms with van der Waals surface area (Å²) in [6, 6.07) is 6.33. The molecule has 0 heterocycles. The monoisotopic (exact) mass is 307 g/mol. The van der Waals surface area contributed by atoms with Gasteiger partial charge >= 0.3 is 17.9 Å². The number of hydrogen-bond donors (Lipinski definition) is 1. The molecule has 0 aliphatic rings. The lowest BCUT2D eigenvalue weighted by Crippen LogP contribution is -2.20. The van der Waals surface area contributed by atoms with E-state index in [0.29, 0.717) is 11.3 Å². The average Bonchev–Trinajstić information content (AvgIpc) is 2.54. The molecule has 1 N–H and O–H groups in total. The lowest BCUT2D eigenvalue weighted by atomic mass is 10.1. The van der Waals surface area contributed by atoms with Crippen LogP contribution in [-0.2, 0) is 23.8 Å². The Kier molecular flexibility index (Phi) is 6.12. The molecular formula is C15H17NO6. The normalized spacial score (nSPS) is 9.45. The SMILES string of the molecule is COC(=O)C(C(=O)OC)=C(C)Nc1ccc(C(=O)OC)cc1. The van der Waals surface area contributed by atoms with Crippen molar-refractivity contribution in [1.29, 1.82) is 0 Å². The van der Waals surface area contributed by atoms with Gasteiger partial charge in [-0.05, 0) is 31.2 Å². The van der Waals surface area contributed by atoms with E-state index >= 15 is 0 Å². The summed E-state index contributed by atoms with van der Waals surface area (Å²) in [5.41, 5.74) is 0.998. The van der Waals surface area contributed by atoms with Gasteiger partial charge in [-0.3, -0.25) is 0 Å². The lowest BCUT2D eigenvalue weighted by molar-refractivity contribution is -0.144. The smallest absolute Gasteiger partial charge is 0.347 e. The molecule has 0 saturated carbocycles. The predicted molar refractivity (Wildman–Crippen MR) is 78.1 cm³/mol. The summed E-state index contributed by atoms with van der Waals surface area (Å²) < 4.78 is 13.7. The van der Waals surface area contributed by atoms with Crippen molar-refractivity contribution < 1.29 is 28.6 Å². The summed E-state index contributed by atoms with van der Waals surface area (Å²) >= 11 is 0. The Hall–Kier alpha value is -2.83. The van der Waals surface area contributed by atoms with Crippen molar-refractivity contribution in [3.63, 3.8) is 0 Å². The number of benzene rings is 1. The van der Waals surface area contributed by atoms with E-state index in [1.165, 1.54) is 28.3 Å². The Morgan fingerprint density at radius 2 is 1.36 bits per heavy atom. The maximum Gasteiger partial charge on any atom is 0.347 e. The molecule has 0 aromatic heterocycles. The maximum atomic E-state index is 11.6. The van der Waals surface area contributed by atoms with Gasteiger partial charge < -0.3 is 19.5 Å². The lowest BCUT2D eigenvalue weighted by Gasteiger charge is -2.11. The van der Waals surface area contributed by atoms with Crippen molar-refractivity contribution in [3.8, 4) is 0 Å². The number of hydrogen-bond acceptors (Lipinski definition) is 7. The molecule has 0 aliphatic heterocycles. The fraction of sp³-hybridized carbons (Fsp3) is 0.267. The van der Waals surface area contributed by atoms with E-state index in [0.717, 1.165) is 0 Å². The average molecular weight is 307 g/mol. The zero-order valence-corrected chi connectivity index (χ0v) is 12.8. The van der Waals surface area contributed by atoms with E-state index in [4.69, 9.17) is 0 Å². The molecule has 7 heteroatoms. The third-order valence-electron chi connectivity index (χ3n) is 2.79. The highest BCUT2D eigenvalue weighted by Gasteiger charge is 2.23. The third-order valence-corrected chi connectivity index (χ3v) is 2.79. The first-order valence-electron chi connectivity index (χ1n) is 6.27. The van der Waals surface area contributed by atoms with Crippen molar-refractivity contribution in [2.24, 2.45) is 0 Å². The Morgan fingerprint density at radius 1 is 0.864 bits per heavy atom. The number of carbonyl (C=O) groups is 3. The molecule has 0 aliphatic carbocycles. The van der Waals surface area contributed by atoms with Crippen LogP contribution in [0.1, 0.15) is 17.3 Å². The largest absolute Gasteiger partial charge is 0.465 e. The molecule has 0 unspecified atom stereocenters. The second-order valence-corrected chi connectivity index (χ2v) is 4.18. The Balaban J connectivity index is 3.04. The summed E-state index contributed by atoms with van der Waals surface area (Å²) in [7, 11) is 3.63. The number of rotatable bonds is 5. The standard InChI is InChI=1S/C15H17NO6/c1-9(12(14(18)21-3)15(19)22-4)16-11-7-5-10(6-8-11)13(17)20-2/h5-8,16H,1-4H3. The fourth-order valence-electron chi connectivity index (χ4n) is 1.68. The van der Waals surface area contributed by atoms with Crippen LogP contribution in [0.15, 0.2) is 35.5 Å². The molecule has 0 amide bonds. The van der Waals surface area contributed by atoms with Gasteiger partial charge in [0.2, 0.25) is 0 Å². The number of allylic oxidation sites excluding steroid dienone is 1. The molecule has 1 aromatic carbocycles. The summed E-state index contributed by atoms with van der Waals surface area (Å²) in [5.74, 6) is -2.06. The van der Waals surface area contributed by atoms with E-state index in [1.807, 2.05) is 0 Å². The van der Waals surface area contributed by atoms with Gasteiger partial charge in [-0.15, -0.1) is 0 Å². The van der Waals surface area contributed by atoms with Gasteiger partial charge in [0.05, 0.1) is 26.9 Å². The van der Waals surface area contributed by atoms with Gasteiger partial charge in [0.1, 0.15) is 0 Å². The second-order valence-electron chi connectivity index (χ2n) is 4.18. The van der Waals surface area contributed by atoms with Crippen molar-refractivity contribution in [2.45, 2.75) is 6.92 Å². The molecule has 0 bridgehead atoms. The first-order valence-corrected chi connectivity index (χ1v) is 6.27. The van der Waals surface area contributed by atoms with Crippen LogP contribution >= 0.6 is 0 Å². The number of nitrogens with one attached hydrogen (secondary N) is 1. The Morgan fingerprint density at radius 3 is 1.77 bits per heavy atom. The minimum atomic E-state index is -0.803. The minimum absolute atomic E-state index is 0.234. The van der Waals surface area contributed by atoms with E-state index in [9.17, 15) is 14.4 Å². The first-order chi connectivity index (χ1) is 10.4. The van der Waals surface area contributed by atoms with Crippen molar-refractivity contribution in [1.82, 2.24) is 0 Å². The summed E-state index contributed by atoms with van der Waals surface area (Å²) in [6.45, 7) is 1.54. The van der Waals surface area contributed by atoms with Crippen molar-refractivity contribution in [2.75, 3.05) is 26.6 Å². The van der Waals surface area contributed by atoms with E-state index in [1.54, 1.807) is 24.3 Å². The zero-order chi connectivity index (χ0) is 16.7. The van der Waals surface area contributed by atoms with Crippen LogP contribution in [0.25, 0.3) is 0 Å². The molecular weight excluding hydrogens is 290 g/mol. The van der Waals surface area contributed by atoms with Crippen LogP contribution in [0.3, 0.4) is 0 Å². The van der Waals surface area contributed by atoms with E-state index < -0.39 is 17.9 Å². The van der Waals surface area contributed by atoms with Crippen LogP contribution < -0.4 is 5.32 Å². The third kappa shape index (κ3) is 4.08. The Labute approximate surface area is 127 Å². The first kappa shape index (κ1) is 17.2. The zero-order valence-electron chi connectivity index (χ0n) is 12.8. The number of ether oxygens (including phenoxy) is 3. The highest BCUT2D eigenvalue weighted by molar-refractivity contribution is 6.15. The molecule has 118 valence electrons. The maximum absolute atomic E-state index is 11.6. The van der Waals surface area contributed by atoms with E-state index in [-0.39, 0.29) is 11.3 Å². The van der Waals surface area contributed by atoms with Crippen molar-refractivity contribution >= 4 is 23.6 Å². The summed E-state index contributed by atoms with van der Waals surface area (Å²) in [6.07, 6.45) is 0. The molecule has 0 saturated heterocycles. The summed E-state index contributed by atoms with van der Waals surface area (Å²) in [5, 5.41) is 2.88. The van der Waals surface area contributed by atoms with Crippen LogP contribution in [0.2, 0.25) is 0 Å². The molecule has 1 aromatic rings. The van der Waals surface area contributed by atoms with Gasteiger partial charge in [0.15, 0.2) is 5.57 Å². The highest BCUT2D eigenvalue weighted by Crippen LogP contribution is 2.16. The quantitative estimate of drug-likeness (QED) is 0.290. The Bertz CT molecular complexity index is 585. The fourth-order valence-corrected chi connectivity index (χ4v) is 1.68. The molecule has 0 fully saturated rings. The number of anilines is 1. The van der Waals surface area contributed by atoms with Crippen LogP contribution in [-0.4, -0.2) is 39.2 Å². The van der Waals surface area contributed by atoms with Gasteiger partial charge in [-0.2, -0.15) is 0 Å². The van der Waals surface area contributed by atoms with Gasteiger partial charge in [-0.1, -0.05) is 0 Å². The highest BCUT2D eigenvalue weighted by atomic mass is 16.5. The van der Waals surface area contributed by atoms with E-state index in [2.05, 4.69) is 19.5 Å². The molecule has 0 spiro atoms. The van der Waals surface area contributed by atoms with Crippen LogP contribution in [0.4, 0.5) is 5.69 Å². The van der Waals surface area contributed by atoms with Gasteiger partial charge in [0, 0.05) is 11.4 Å². The molecule has 0 radical (unpaired) electrons. The summed E-state index contributed by atoms with van der Waals surface area (Å²) in [4.78, 5) is 34.6. The molecule has 0 atom stereocenters. The number of methoxy groups -OCH3 is 3. The van der Waals surface area contributed by atoms with Crippen molar-refractivity contribution in [3.05, 3.63) is 41.1 Å². The van der Waals surface area contributed by atoms with Crippen LogP contribution in [0, 0.1) is 0 Å².